The average molecular weight is 205 g/mol. The number of Topliss-reactive ketones (excluding diaryl/α,β-unsaturated/α-hetero) is 1. The van der Waals surface area contributed by atoms with E-state index in [1.54, 1.807) is 6.42 Å². The van der Waals surface area contributed by atoms with Gasteiger partial charge in [-0.3, -0.25) is 9.59 Å². The number of methoxy groups -OCH3 is 1. The molecule has 0 saturated carbocycles. The van der Waals surface area contributed by atoms with Crippen molar-refractivity contribution in [3.8, 4) is 0 Å². The van der Waals surface area contributed by atoms with E-state index in [9.17, 15) is 9.59 Å². The zero-order chi connectivity index (χ0) is 11.3. The van der Waals surface area contributed by atoms with Gasteiger partial charge in [0.1, 0.15) is 11.7 Å². The SMILES string of the molecule is COC(=O)C([CH]c1ccccc1)C(C)=O. The maximum atomic E-state index is 11.3. The van der Waals surface area contributed by atoms with Crippen LogP contribution in [0.4, 0.5) is 0 Å². The molecule has 0 aliphatic carbocycles. The number of hydrogen-bond acceptors (Lipinski definition) is 3. The Kier molecular flexibility index (Phi) is 4.03. The number of rotatable bonds is 4. The molecule has 79 valence electrons. The van der Waals surface area contributed by atoms with Gasteiger partial charge in [0, 0.05) is 6.42 Å². The Labute approximate surface area is 89.1 Å². The van der Waals surface area contributed by atoms with Crippen molar-refractivity contribution in [3.05, 3.63) is 42.3 Å². The van der Waals surface area contributed by atoms with Crippen molar-refractivity contribution in [1.29, 1.82) is 0 Å². The first-order valence-electron chi connectivity index (χ1n) is 4.63. The van der Waals surface area contributed by atoms with Crippen molar-refractivity contribution >= 4 is 11.8 Å². The summed E-state index contributed by atoms with van der Waals surface area (Å²) in [7, 11) is 1.27. The molecular formula is C12H13O3. The molecule has 3 nitrogen and oxygen atoms in total. The summed E-state index contributed by atoms with van der Waals surface area (Å²) in [6, 6.07) is 9.23. The van der Waals surface area contributed by atoms with Gasteiger partial charge in [0.05, 0.1) is 7.11 Å². The lowest BCUT2D eigenvalue weighted by Crippen LogP contribution is -2.24. The van der Waals surface area contributed by atoms with Crippen LogP contribution >= 0.6 is 0 Å². The second kappa shape index (κ2) is 5.29. The third kappa shape index (κ3) is 3.20. The summed E-state index contributed by atoms with van der Waals surface area (Å²) in [5.74, 6) is -1.55. The Bertz CT molecular complexity index is 343. The maximum absolute atomic E-state index is 11.3. The van der Waals surface area contributed by atoms with E-state index in [4.69, 9.17) is 0 Å². The first-order valence-corrected chi connectivity index (χ1v) is 4.63. The predicted octanol–water partition coefficient (Wildman–Crippen LogP) is 1.62. The number of ether oxygens (including phenoxy) is 1. The molecule has 0 bridgehead atoms. The Morgan fingerprint density at radius 1 is 1.27 bits per heavy atom. The van der Waals surface area contributed by atoms with Gasteiger partial charge in [0.2, 0.25) is 0 Å². The van der Waals surface area contributed by atoms with Crippen LogP contribution in [0.15, 0.2) is 30.3 Å². The number of hydrogen-bond donors (Lipinski definition) is 0. The van der Waals surface area contributed by atoms with Gasteiger partial charge in [-0.2, -0.15) is 0 Å². The molecule has 0 aliphatic rings. The molecule has 1 aromatic carbocycles. The van der Waals surface area contributed by atoms with E-state index in [0.717, 1.165) is 5.56 Å². The van der Waals surface area contributed by atoms with Crippen LogP contribution in [0, 0.1) is 12.3 Å². The Morgan fingerprint density at radius 2 is 1.87 bits per heavy atom. The minimum absolute atomic E-state index is 0.217. The molecule has 3 heteroatoms. The fraction of sp³-hybridized carbons (Fsp3) is 0.250. The lowest BCUT2D eigenvalue weighted by atomic mass is 9.96. The summed E-state index contributed by atoms with van der Waals surface area (Å²) in [5, 5.41) is 0. The monoisotopic (exact) mass is 205 g/mol. The molecular weight excluding hydrogens is 192 g/mol. The van der Waals surface area contributed by atoms with Gasteiger partial charge in [0.25, 0.3) is 0 Å². The van der Waals surface area contributed by atoms with E-state index >= 15 is 0 Å². The third-order valence-corrected chi connectivity index (χ3v) is 2.05. The van der Waals surface area contributed by atoms with Crippen LogP contribution in [0.2, 0.25) is 0 Å². The van der Waals surface area contributed by atoms with Gasteiger partial charge in [-0.25, -0.2) is 0 Å². The Hall–Kier alpha value is -1.64. The highest BCUT2D eigenvalue weighted by atomic mass is 16.5. The van der Waals surface area contributed by atoms with Crippen molar-refractivity contribution in [2.24, 2.45) is 5.92 Å². The summed E-state index contributed by atoms with van der Waals surface area (Å²) >= 11 is 0. The predicted molar refractivity (Wildman–Crippen MR) is 56.0 cm³/mol. The molecule has 0 aliphatic heterocycles. The lowest BCUT2D eigenvalue weighted by molar-refractivity contribution is -0.147. The molecule has 0 heterocycles. The largest absolute Gasteiger partial charge is 0.468 e. The average Bonchev–Trinajstić information content (AvgIpc) is 2.26. The van der Waals surface area contributed by atoms with Crippen molar-refractivity contribution in [1.82, 2.24) is 0 Å². The highest BCUT2D eigenvalue weighted by molar-refractivity contribution is 5.99. The summed E-state index contributed by atoms with van der Waals surface area (Å²) in [6.45, 7) is 1.38. The molecule has 0 amide bonds. The first kappa shape index (κ1) is 11.4. The highest BCUT2D eigenvalue weighted by Crippen LogP contribution is 2.13. The topological polar surface area (TPSA) is 43.4 Å². The van der Waals surface area contributed by atoms with Crippen LogP contribution < -0.4 is 0 Å². The molecule has 0 aromatic heterocycles. The third-order valence-electron chi connectivity index (χ3n) is 2.05. The summed E-state index contributed by atoms with van der Waals surface area (Å²) in [5.41, 5.74) is 0.836. The smallest absolute Gasteiger partial charge is 0.316 e. The van der Waals surface area contributed by atoms with E-state index in [1.807, 2.05) is 30.3 Å². The van der Waals surface area contributed by atoms with Gasteiger partial charge in [0.15, 0.2) is 0 Å². The number of ketones is 1. The molecule has 1 atom stereocenters. The van der Waals surface area contributed by atoms with E-state index in [0.29, 0.717) is 0 Å². The highest BCUT2D eigenvalue weighted by Gasteiger charge is 2.24. The molecule has 0 fully saturated rings. The molecule has 0 N–H and O–H groups in total. The molecule has 1 rings (SSSR count). The molecule has 0 saturated heterocycles. The number of carbonyl (C=O) groups is 2. The van der Waals surface area contributed by atoms with Crippen LogP contribution in [0.3, 0.4) is 0 Å². The van der Waals surface area contributed by atoms with Crippen molar-refractivity contribution in [2.45, 2.75) is 6.92 Å². The molecule has 1 unspecified atom stereocenters. The fourth-order valence-corrected chi connectivity index (χ4v) is 1.23. The molecule has 1 radical (unpaired) electrons. The summed E-state index contributed by atoms with van der Waals surface area (Å²) in [4.78, 5) is 22.5. The second-order valence-corrected chi connectivity index (χ2v) is 3.19. The maximum Gasteiger partial charge on any atom is 0.316 e. The van der Waals surface area contributed by atoms with E-state index in [-0.39, 0.29) is 5.78 Å². The van der Waals surface area contributed by atoms with E-state index < -0.39 is 11.9 Å². The van der Waals surface area contributed by atoms with Crippen LogP contribution in [0.25, 0.3) is 0 Å². The standard InChI is InChI=1S/C12H13O3/c1-9(13)11(12(14)15-2)8-10-6-4-3-5-7-10/h3-8,11H,1-2H3. The Balaban J connectivity index is 2.76. The minimum Gasteiger partial charge on any atom is -0.468 e. The summed E-state index contributed by atoms with van der Waals surface area (Å²) in [6.07, 6.45) is 1.61. The van der Waals surface area contributed by atoms with Gasteiger partial charge in [-0.15, -0.1) is 0 Å². The van der Waals surface area contributed by atoms with Gasteiger partial charge >= 0.3 is 5.97 Å². The van der Waals surface area contributed by atoms with Crippen LogP contribution in [0.5, 0.6) is 0 Å². The second-order valence-electron chi connectivity index (χ2n) is 3.19. The first-order chi connectivity index (χ1) is 7.15. The van der Waals surface area contributed by atoms with E-state index in [1.165, 1.54) is 14.0 Å². The molecule has 0 spiro atoms. The fourth-order valence-electron chi connectivity index (χ4n) is 1.23. The van der Waals surface area contributed by atoms with Crippen LogP contribution in [0.1, 0.15) is 12.5 Å². The Morgan fingerprint density at radius 3 is 2.33 bits per heavy atom. The minimum atomic E-state index is -0.808. The van der Waals surface area contributed by atoms with Crippen LogP contribution in [-0.2, 0) is 14.3 Å². The van der Waals surface area contributed by atoms with Crippen LogP contribution in [-0.4, -0.2) is 18.9 Å². The summed E-state index contributed by atoms with van der Waals surface area (Å²) < 4.78 is 4.55. The zero-order valence-electron chi connectivity index (χ0n) is 8.77. The molecule has 15 heavy (non-hydrogen) atoms. The number of benzene rings is 1. The lowest BCUT2D eigenvalue weighted by Gasteiger charge is -2.10. The van der Waals surface area contributed by atoms with Gasteiger partial charge < -0.3 is 4.74 Å². The quantitative estimate of drug-likeness (QED) is 0.554. The van der Waals surface area contributed by atoms with Crippen molar-refractivity contribution in [3.63, 3.8) is 0 Å². The zero-order valence-corrected chi connectivity index (χ0v) is 8.77. The van der Waals surface area contributed by atoms with Gasteiger partial charge in [-0.1, -0.05) is 30.3 Å². The number of carbonyl (C=O) groups excluding carboxylic acids is 2. The number of esters is 1. The van der Waals surface area contributed by atoms with Gasteiger partial charge in [-0.05, 0) is 12.5 Å². The van der Waals surface area contributed by atoms with E-state index in [2.05, 4.69) is 4.74 Å². The normalized spacial score (nSPS) is 11.9. The molecule has 1 aromatic rings. The van der Waals surface area contributed by atoms with Crippen molar-refractivity contribution < 1.29 is 14.3 Å². The van der Waals surface area contributed by atoms with Crippen molar-refractivity contribution in [2.75, 3.05) is 7.11 Å².